The van der Waals surface area contributed by atoms with Crippen LogP contribution in [-0.4, -0.2) is 44.3 Å². The number of rotatable bonds is 13. The summed E-state index contributed by atoms with van der Waals surface area (Å²) < 4.78 is 29.6. The highest BCUT2D eigenvalue weighted by Crippen LogP contribution is 2.30. The molecule has 9 heteroatoms. The quantitative estimate of drug-likeness (QED) is 0.177. The van der Waals surface area contributed by atoms with Crippen molar-refractivity contribution in [2.45, 2.75) is 58.0 Å². The maximum absolute atomic E-state index is 14.5. The minimum atomic E-state index is -4.21. The van der Waals surface area contributed by atoms with E-state index in [1.165, 1.54) is 17.0 Å². The third-order valence-electron chi connectivity index (χ3n) is 7.62. The summed E-state index contributed by atoms with van der Waals surface area (Å²) in [5.41, 5.74) is 4.59. The number of hydrogen-bond donors (Lipinski definition) is 1. The van der Waals surface area contributed by atoms with Gasteiger partial charge in [0, 0.05) is 24.5 Å². The molecule has 0 radical (unpaired) electrons. The van der Waals surface area contributed by atoms with Crippen LogP contribution < -0.4 is 9.62 Å². The number of nitrogens with zero attached hydrogens (tertiary/aromatic N) is 2. The summed E-state index contributed by atoms with van der Waals surface area (Å²) in [7, 11) is -4.21. The molecule has 7 nitrogen and oxygen atoms in total. The lowest BCUT2D eigenvalue weighted by molar-refractivity contribution is -0.140. The summed E-state index contributed by atoms with van der Waals surface area (Å²) in [4.78, 5) is 29.8. The fourth-order valence-corrected chi connectivity index (χ4v) is 6.65. The lowest BCUT2D eigenvalue weighted by atomic mass is 10.0. The van der Waals surface area contributed by atoms with Gasteiger partial charge in [-0.1, -0.05) is 102 Å². The lowest BCUT2D eigenvalue weighted by Gasteiger charge is -2.34. The Morgan fingerprint density at radius 3 is 2.07 bits per heavy atom. The molecule has 2 amide bonds. The Morgan fingerprint density at radius 2 is 1.44 bits per heavy atom. The van der Waals surface area contributed by atoms with Crippen molar-refractivity contribution in [3.63, 3.8) is 0 Å². The van der Waals surface area contributed by atoms with Crippen LogP contribution >= 0.6 is 11.6 Å². The van der Waals surface area contributed by atoms with E-state index < -0.39 is 28.5 Å². The SMILES string of the molecule is CCCNC(=O)[C@H](Cc1ccccc1)N(Cc1ccc(C)cc1)C(=O)CN(c1cc(Cl)ccc1C)S(=O)(=O)c1ccc(C)cc1. The molecule has 0 aliphatic rings. The maximum Gasteiger partial charge on any atom is 0.264 e. The molecule has 236 valence electrons. The van der Waals surface area contributed by atoms with Crippen LogP contribution in [0.4, 0.5) is 5.69 Å². The monoisotopic (exact) mass is 645 g/mol. The molecule has 0 spiro atoms. The van der Waals surface area contributed by atoms with Gasteiger partial charge in [0.05, 0.1) is 10.6 Å². The highest BCUT2D eigenvalue weighted by atomic mass is 35.5. The molecule has 0 aliphatic carbocycles. The predicted molar refractivity (Wildman–Crippen MR) is 181 cm³/mol. The van der Waals surface area contributed by atoms with E-state index in [1.807, 2.05) is 75.4 Å². The van der Waals surface area contributed by atoms with Crippen LogP contribution in [0.1, 0.15) is 41.2 Å². The first-order valence-electron chi connectivity index (χ1n) is 15.0. The summed E-state index contributed by atoms with van der Waals surface area (Å²) in [6.07, 6.45) is 0.987. The Balaban J connectivity index is 1.82. The fourth-order valence-electron chi connectivity index (χ4n) is 5.01. The van der Waals surface area contributed by atoms with Crippen LogP contribution in [-0.2, 0) is 32.6 Å². The van der Waals surface area contributed by atoms with Crippen LogP contribution in [0.3, 0.4) is 0 Å². The fraction of sp³-hybridized carbons (Fsp3) is 0.278. The number of halogens is 1. The number of amides is 2. The lowest BCUT2D eigenvalue weighted by Crippen LogP contribution is -2.53. The molecule has 0 heterocycles. The zero-order valence-electron chi connectivity index (χ0n) is 26.2. The van der Waals surface area contributed by atoms with Crippen molar-refractivity contribution < 1.29 is 18.0 Å². The second kappa shape index (κ2) is 15.2. The van der Waals surface area contributed by atoms with Crippen LogP contribution in [0.25, 0.3) is 0 Å². The Labute approximate surface area is 271 Å². The van der Waals surface area contributed by atoms with Crippen LogP contribution in [0.2, 0.25) is 5.02 Å². The largest absolute Gasteiger partial charge is 0.354 e. The van der Waals surface area contributed by atoms with Gasteiger partial charge < -0.3 is 10.2 Å². The minimum Gasteiger partial charge on any atom is -0.354 e. The second-order valence-electron chi connectivity index (χ2n) is 11.3. The second-order valence-corrected chi connectivity index (χ2v) is 13.6. The highest BCUT2D eigenvalue weighted by Gasteiger charge is 2.35. The first-order chi connectivity index (χ1) is 21.5. The van der Waals surface area contributed by atoms with E-state index in [2.05, 4.69) is 5.32 Å². The molecule has 4 aromatic rings. The van der Waals surface area contributed by atoms with Gasteiger partial charge in [-0.3, -0.25) is 13.9 Å². The maximum atomic E-state index is 14.5. The molecular weight excluding hydrogens is 606 g/mol. The number of sulfonamides is 1. The summed E-state index contributed by atoms with van der Waals surface area (Å²) in [5.74, 6) is -0.814. The van der Waals surface area contributed by atoms with Crippen LogP contribution in [0, 0.1) is 20.8 Å². The van der Waals surface area contributed by atoms with Crippen molar-refractivity contribution in [1.29, 1.82) is 0 Å². The zero-order chi connectivity index (χ0) is 32.6. The number of aryl methyl sites for hydroxylation is 3. The van der Waals surface area contributed by atoms with Gasteiger partial charge in [0.25, 0.3) is 10.0 Å². The molecule has 0 unspecified atom stereocenters. The van der Waals surface area contributed by atoms with Gasteiger partial charge >= 0.3 is 0 Å². The van der Waals surface area contributed by atoms with Gasteiger partial charge in [0.1, 0.15) is 12.6 Å². The van der Waals surface area contributed by atoms with Crippen molar-refractivity contribution >= 4 is 39.1 Å². The summed E-state index contributed by atoms with van der Waals surface area (Å²) in [6.45, 7) is 7.62. The minimum absolute atomic E-state index is 0.0480. The van der Waals surface area contributed by atoms with E-state index in [0.717, 1.165) is 33.0 Å². The van der Waals surface area contributed by atoms with E-state index in [9.17, 15) is 18.0 Å². The molecule has 0 aromatic heterocycles. The molecule has 0 saturated carbocycles. The summed E-state index contributed by atoms with van der Waals surface area (Å²) in [6, 6.07) is 27.8. The number of hydrogen-bond acceptors (Lipinski definition) is 4. The molecular formula is C36H40ClN3O4S. The first-order valence-corrected chi connectivity index (χ1v) is 16.8. The Morgan fingerprint density at radius 1 is 0.822 bits per heavy atom. The van der Waals surface area contributed by atoms with E-state index in [1.54, 1.807) is 37.3 Å². The van der Waals surface area contributed by atoms with Gasteiger partial charge in [0.2, 0.25) is 11.8 Å². The molecule has 0 bridgehead atoms. The molecule has 1 N–H and O–H groups in total. The zero-order valence-corrected chi connectivity index (χ0v) is 27.7. The Bertz CT molecular complexity index is 1710. The average molecular weight is 646 g/mol. The van der Waals surface area contributed by atoms with E-state index >= 15 is 0 Å². The molecule has 0 saturated heterocycles. The molecule has 1 atom stereocenters. The van der Waals surface area contributed by atoms with Gasteiger partial charge in [-0.2, -0.15) is 0 Å². The van der Waals surface area contributed by atoms with E-state index in [4.69, 9.17) is 11.6 Å². The van der Waals surface area contributed by atoms with E-state index in [0.29, 0.717) is 22.8 Å². The van der Waals surface area contributed by atoms with Gasteiger partial charge in [0.15, 0.2) is 0 Å². The standard InChI is InChI=1S/C36H40ClN3O4S/c1-5-21-38-36(42)34(22-29-9-7-6-8-10-29)39(24-30-16-11-26(2)12-17-30)35(41)25-40(33-23-31(37)18-15-28(33)4)45(43,44)32-19-13-27(3)14-20-32/h6-20,23,34H,5,21-22,24-25H2,1-4H3,(H,38,42)/t34-/m0/s1. The van der Waals surface area contributed by atoms with Crippen molar-refractivity contribution in [3.8, 4) is 0 Å². The Kier molecular flexibility index (Phi) is 11.4. The molecule has 4 rings (SSSR count). The van der Waals surface area contributed by atoms with Crippen molar-refractivity contribution in [2.24, 2.45) is 0 Å². The Hall–Kier alpha value is -4.14. The van der Waals surface area contributed by atoms with Gasteiger partial charge in [-0.15, -0.1) is 0 Å². The third-order valence-corrected chi connectivity index (χ3v) is 9.63. The number of carbonyl (C=O) groups excluding carboxylic acids is 2. The van der Waals surface area contributed by atoms with Crippen molar-refractivity contribution in [2.75, 3.05) is 17.4 Å². The smallest absolute Gasteiger partial charge is 0.264 e. The molecule has 0 fully saturated rings. The van der Waals surface area contributed by atoms with Crippen LogP contribution in [0.5, 0.6) is 0 Å². The topological polar surface area (TPSA) is 86.8 Å². The van der Waals surface area contributed by atoms with Gasteiger partial charge in [-0.05, 0) is 68.1 Å². The molecule has 45 heavy (non-hydrogen) atoms. The number of carbonyl (C=O) groups is 2. The average Bonchev–Trinajstić information content (AvgIpc) is 3.03. The van der Waals surface area contributed by atoms with E-state index in [-0.39, 0.29) is 23.8 Å². The van der Waals surface area contributed by atoms with Crippen molar-refractivity contribution in [3.05, 3.63) is 130 Å². The van der Waals surface area contributed by atoms with Crippen LogP contribution in [0.15, 0.2) is 102 Å². The molecule has 4 aromatic carbocycles. The third kappa shape index (κ3) is 8.74. The first kappa shape index (κ1) is 33.7. The summed E-state index contributed by atoms with van der Waals surface area (Å²) in [5, 5.41) is 3.30. The van der Waals surface area contributed by atoms with Crippen molar-refractivity contribution in [1.82, 2.24) is 10.2 Å². The highest BCUT2D eigenvalue weighted by molar-refractivity contribution is 7.92. The number of nitrogens with one attached hydrogen (secondary N) is 1. The predicted octanol–water partition coefficient (Wildman–Crippen LogP) is 6.63. The number of anilines is 1. The summed E-state index contributed by atoms with van der Waals surface area (Å²) >= 11 is 6.36. The number of benzene rings is 4. The van der Waals surface area contributed by atoms with Gasteiger partial charge in [-0.25, -0.2) is 8.42 Å². The normalized spacial score (nSPS) is 11.9. The molecule has 0 aliphatic heterocycles.